The van der Waals surface area contributed by atoms with Crippen LogP contribution in [0.3, 0.4) is 0 Å². The second-order valence-electron chi connectivity index (χ2n) is 7.35. The molecule has 0 unspecified atom stereocenters. The highest BCUT2D eigenvalue weighted by Gasteiger charge is 2.52. The van der Waals surface area contributed by atoms with Gasteiger partial charge < -0.3 is 19.1 Å². The van der Waals surface area contributed by atoms with E-state index < -0.39 is 5.41 Å². The van der Waals surface area contributed by atoms with E-state index in [0.29, 0.717) is 44.8 Å². The number of anilines is 1. The average Bonchev–Trinajstić information content (AvgIpc) is 3.22. The zero-order valence-electron chi connectivity index (χ0n) is 15.9. The molecule has 1 aromatic carbocycles. The van der Waals surface area contributed by atoms with Crippen molar-refractivity contribution < 1.29 is 14.3 Å². The number of ether oxygens (including phenoxy) is 1. The van der Waals surface area contributed by atoms with E-state index in [2.05, 4.69) is 6.07 Å². The van der Waals surface area contributed by atoms with Crippen LogP contribution in [0.5, 0.6) is 0 Å². The summed E-state index contributed by atoms with van der Waals surface area (Å²) in [5.74, 6) is 0.180. The fourth-order valence-electron chi connectivity index (χ4n) is 4.42. The smallest absolute Gasteiger partial charge is 0.270 e. The molecule has 0 aliphatic carbocycles. The van der Waals surface area contributed by atoms with Gasteiger partial charge in [-0.25, -0.2) is 0 Å². The van der Waals surface area contributed by atoms with Gasteiger partial charge in [-0.3, -0.25) is 9.59 Å². The number of methoxy groups -OCH3 is 1. The molecule has 2 aliphatic heterocycles. The van der Waals surface area contributed by atoms with Gasteiger partial charge in [0.05, 0.1) is 12.0 Å². The third kappa shape index (κ3) is 2.75. The summed E-state index contributed by atoms with van der Waals surface area (Å²) in [7, 11) is 3.53. The number of likely N-dealkylation sites (tertiary alicyclic amines) is 1. The molecular weight excluding hydrogens is 342 g/mol. The van der Waals surface area contributed by atoms with E-state index in [0.717, 1.165) is 11.3 Å². The lowest BCUT2D eigenvalue weighted by molar-refractivity contribution is -0.124. The minimum Gasteiger partial charge on any atom is -0.383 e. The summed E-state index contributed by atoms with van der Waals surface area (Å²) in [4.78, 5) is 29.9. The molecule has 0 saturated carbocycles. The average molecular weight is 367 g/mol. The highest BCUT2D eigenvalue weighted by atomic mass is 16.5. The highest BCUT2D eigenvalue weighted by Crippen LogP contribution is 2.47. The zero-order valence-corrected chi connectivity index (χ0v) is 15.9. The molecule has 27 heavy (non-hydrogen) atoms. The van der Waals surface area contributed by atoms with Crippen LogP contribution in [0.1, 0.15) is 28.9 Å². The number of para-hydroxylation sites is 1. The Balaban J connectivity index is 1.57. The first-order valence-corrected chi connectivity index (χ1v) is 9.39. The topological polar surface area (TPSA) is 54.8 Å². The number of rotatable bonds is 4. The maximum absolute atomic E-state index is 13.4. The largest absolute Gasteiger partial charge is 0.383 e. The number of nitrogens with zero attached hydrogens (tertiary/aromatic N) is 3. The number of hydrogen-bond donors (Lipinski definition) is 0. The zero-order chi connectivity index (χ0) is 19.0. The SMILES string of the molecule is COCCN1C(=O)C2(CCN(C(=O)c3cccn3C)CC2)c2ccccc21. The Kier molecular flexibility index (Phi) is 4.52. The van der Waals surface area contributed by atoms with E-state index in [4.69, 9.17) is 4.74 Å². The van der Waals surface area contributed by atoms with Gasteiger partial charge in [0.25, 0.3) is 5.91 Å². The van der Waals surface area contributed by atoms with Crippen molar-refractivity contribution in [1.82, 2.24) is 9.47 Å². The molecule has 0 radical (unpaired) electrons. The molecule has 142 valence electrons. The van der Waals surface area contributed by atoms with Crippen LogP contribution in [-0.4, -0.2) is 54.6 Å². The van der Waals surface area contributed by atoms with E-state index in [1.54, 1.807) is 7.11 Å². The quantitative estimate of drug-likeness (QED) is 0.832. The summed E-state index contributed by atoms with van der Waals surface area (Å²) in [5.41, 5.74) is 2.25. The molecule has 1 aromatic heterocycles. The van der Waals surface area contributed by atoms with Gasteiger partial charge in [0, 0.05) is 45.7 Å². The van der Waals surface area contributed by atoms with Crippen LogP contribution < -0.4 is 4.90 Å². The van der Waals surface area contributed by atoms with Crippen LogP contribution in [0.25, 0.3) is 0 Å². The molecular formula is C21H25N3O3. The lowest BCUT2D eigenvalue weighted by Gasteiger charge is -2.38. The molecule has 6 nitrogen and oxygen atoms in total. The van der Waals surface area contributed by atoms with Gasteiger partial charge in [-0.2, -0.15) is 0 Å². The number of carbonyl (C=O) groups is 2. The molecule has 0 N–H and O–H groups in total. The number of carbonyl (C=O) groups excluding carboxylic acids is 2. The van der Waals surface area contributed by atoms with E-state index in [9.17, 15) is 9.59 Å². The van der Waals surface area contributed by atoms with Crippen LogP contribution in [0.4, 0.5) is 5.69 Å². The van der Waals surface area contributed by atoms with Crippen LogP contribution in [0.15, 0.2) is 42.6 Å². The minimum absolute atomic E-state index is 0.0346. The first kappa shape index (κ1) is 17.8. The third-order valence-electron chi connectivity index (χ3n) is 5.95. The molecule has 1 saturated heterocycles. The molecule has 0 atom stereocenters. The van der Waals surface area contributed by atoms with Gasteiger partial charge in [0.15, 0.2) is 0 Å². The minimum atomic E-state index is -0.519. The van der Waals surface area contributed by atoms with Crippen molar-refractivity contribution in [3.8, 4) is 0 Å². The summed E-state index contributed by atoms with van der Waals surface area (Å²) in [5, 5.41) is 0. The summed E-state index contributed by atoms with van der Waals surface area (Å²) in [6.45, 7) is 2.23. The van der Waals surface area contributed by atoms with Gasteiger partial charge in [-0.05, 0) is 36.6 Å². The molecule has 2 aliphatic rings. The normalized spacial score (nSPS) is 18.2. The van der Waals surface area contributed by atoms with Crippen molar-refractivity contribution in [2.45, 2.75) is 18.3 Å². The first-order chi connectivity index (χ1) is 13.1. The van der Waals surface area contributed by atoms with Gasteiger partial charge in [-0.15, -0.1) is 0 Å². The Hall–Kier alpha value is -2.60. The van der Waals surface area contributed by atoms with Gasteiger partial charge in [0.2, 0.25) is 5.91 Å². The Labute approximate surface area is 159 Å². The number of benzene rings is 1. The summed E-state index contributed by atoms with van der Waals surface area (Å²) in [6.07, 6.45) is 3.19. The first-order valence-electron chi connectivity index (χ1n) is 9.39. The highest BCUT2D eigenvalue weighted by molar-refractivity contribution is 6.08. The lowest BCUT2D eigenvalue weighted by Crippen LogP contribution is -2.50. The number of aryl methyl sites for hydroxylation is 1. The predicted octanol–water partition coefficient (Wildman–Crippen LogP) is 2.19. The van der Waals surface area contributed by atoms with Crippen LogP contribution >= 0.6 is 0 Å². The Morgan fingerprint density at radius 3 is 2.56 bits per heavy atom. The van der Waals surface area contributed by atoms with Crippen LogP contribution in [-0.2, 0) is 22.0 Å². The fourth-order valence-corrected chi connectivity index (χ4v) is 4.42. The van der Waals surface area contributed by atoms with Crippen LogP contribution in [0.2, 0.25) is 0 Å². The van der Waals surface area contributed by atoms with Crippen LogP contribution in [0, 0.1) is 0 Å². The van der Waals surface area contributed by atoms with Crippen molar-refractivity contribution >= 4 is 17.5 Å². The van der Waals surface area contributed by atoms with Crippen molar-refractivity contribution in [2.24, 2.45) is 7.05 Å². The lowest BCUT2D eigenvalue weighted by atomic mass is 9.73. The monoisotopic (exact) mass is 367 g/mol. The standard InChI is InChI=1S/C21H25N3O3/c1-22-11-5-8-18(22)19(25)23-12-9-21(10-13-23)16-6-3-4-7-17(16)24(20(21)26)14-15-27-2/h3-8,11H,9-10,12-15H2,1-2H3. The van der Waals surface area contributed by atoms with Gasteiger partial charge in [0.1, 0.15) is 5.69 Å². The van der Waals surface area contributed by atoms with E-state index in [1.165, 1.54) is 0 Å². The predicted molar refractivity (Wildman–Crippen MR) is 103 cm³/mol. The number of fused-ring (bicyclic) bond motifs is 2. The number of piperidine rings is 1. The molecule has 4 rings (SSSR count). The molecule has 0 bridgehead atoms. The van der Waals surface area contributed by atoms with E-state index >= 15 is 0 Å². The molecule has 1 spiro atoms. The Morgan fingerprint density at radius 2 is 1.89 bits per heavy atom. The maximum Gasteiger partial charge on any atom is 0.270 e. The Bertz CT molecular complexity index is 865. The summed E-state index contributed by atoms with van der Waals surface area (Å²) >= 11 is 0. The second-order valence-corrected chi connectivity index (χ2v) is 7.35. The molecule has 1 fully saturated rings. The molecule has 2 aromatic rings. The van der Waals surface area contributed by atoms with Gasteiger partial charge >= 0.3 is 0 Å². The molecule has 6 heteroatoms. The number of hydrogen-bond acceptors (Lipinski definition) is 3. The van der Waals surface area contributed by atoms with E-state index in [1.807, 2.05) is 57.9 Å². The summed E-state index contributed by atoms with van der Waals surface area (Å²) < 4.78 is 7.04. The fraction of sp³-hybridized carbons (Fsp3) is 0.429. The third-order valence-corrected chi connectivity index (χ3v) is 5.95. The van der Waals surface area contributed by atoms with Crippen molar-refractivity contribution in [2.75, 3.05) is 38.3 Å². The number of amides is 2. The second kappa shape index (κ2) is 6.85. The summed E-state index contributed by atoms with van der Waals surface area (Å²) in [6, 6.07) is 11.8. The van der Waals surface area contributed by atoms with Crippen molar-refractivity contribution in [1.29, 1.82) is 0 Å². The van der Waals surface area contributed by atoms with Crippen molar-refractivity contribution in [3.63, 3.8) is 0 Å². The molecule has 2 amide bonds. The number of aromatic nitrogens is 1. The Morgan fingerprint density at radius 1 is 1.15 bits per heavy atom. The van der Waals surface area contributed by atoms with Crippen molar-refractivity contribution in [3.05, 3.63) is 53.9 Å². The molecule has 3 heterocycles. The van der Waals surface area contributed by atoms with Gasteiger partial charge in [-0.1, -0.05) is 18.2 Å². The van der Waals surface area contributed by atoms with E-state index in [-0.39, 0.29) is 11.8 Å². The maximum atomic E-state index is 13.4.